The Labute approximate surface area is 209 Å². The second-order valence-corrected chi connectivity index (χ2v) is 8.76. The Bertz CT molecular complexity index is 1350. The lowest BCUT2D eigenvalue weighted by atomic mass is 9.98. The third-order valence-corrected chi connectivity index (χ3v) is 6.45. The molecule has 0 saturated heterocycles. The van der Waals surface area contributed by atoms with Crippen molar-refractivity contribution in [1.29, 1.82) is 0 Å². The molecule has 0 bridgehead atoms. The summed E-state index contributed by atoms with van der Waals surface area (Å²) in [5, 5.41) is 21.6. The first-order valence-corrected chi connectivity index (χ1v) is 11.9. The van der Waals surface area contributed by atoms with Gasteiger partial charge >= 0.3 is 12.0 Å². The van der Waals surface area contributed by atoms with Crippen molar-refractivity contribution in [3.8, 4) is 23.0 Å². The number of carbonyl (C=O) groups is 1. The minimum Gasteiger partial charge on any atom is -0.467 e. The molecule has 36 heavy (non-hydrogen) atoms. The van der Waals surface area contributed by atoms with Gasteiger partial charge in [0.15, 0.2) is 0 Å². The van der Waals surface area contributed by atoms with Gasteiger partial charge in [-0.1, -0.05) is 42.5 Å². The first kappa shape index (κ1) is 23.5. The fourth-order valence-corrected chi connectivity index (χ4v) is 4.62. The van der Waals surface area contributed by atoms with Crippen LogP contribution in [0.25, 0.3) is 16.9 Å². The Balaban J connectivity index is 1.48. The second kappa shape index (κ2) is 10.2. The second-order valence-electron chi connectivity index (χ2n) is 8.76. The summed E-state index contributed by atoms with van der Waals surface area (Å²) < 4.78 is 6.75. The number of aliphatic hydroxyl groups excluding tert-OH is 1. The van der Waals surface area contributed by atoms with Gasteiger partial charge in [0.25, 0.3) is 0 Å². The van der Waals surface area contributed by atoms with Gasteiger partial charge < -0.3 is 15.2 Å². The number of carbonyl (C=O) groups excluding carboxylic acids is 1. The number of ether oxygens (including phenoxy) is 1. The van der Waals surface area contributed by atoms with Crippen molar-refractivity contribution >= 4 is 11.8 Å². The molecule has 4 aromatic rings. The van der Waals surface area contributed by atoms with Crippen LogP contribution in [0, 0.1) is 6.92 Å². The molecule has 2 heterocycles. The molecular formula is C27H28N6O3. The van der Waals surface area contributed by atoms with Crippen LogP contribution in [0.4, 0.5) is 10.6 Å². The van der Waals surface area contributed by atoms with Crippen molar-refractivity contribution < 1.29 is 14.6 Å². The van der Waals surface area contributed by atoms with Crippen molar-refractivity contribution in [2.45, 2.75) is 38.3 Å². The number of anilines is 1. The first-order chi connectivity index (χ1) is 17.5. The Morgan fingerprint density at radius 2 is 1.81 bits per heavy atom. The molecule has 3 N–H and O–H groups in total. The Hall–Kier alpha value is -4.24. The number of methoxy groups -OCH3 is 1. The van der Waals surface area contributed by atoms with Crippen molar-refractivity contribution in [3.05, 3.63) is 83.7 Å². The average molecular weight is 485 g/mol. The predicted molar refractivity (Wildman–Crippen MR) is 136 cm³/mol. The summed E-state index contributed by atoms with van der Waals surface area (Å²) in [6.07, 6.45) is 4.96. The van der Waals surface area contributed by atoms with Crippen molar-refractivity contribution in [2.75, 3.05) is 12.4 Å². The van der Waals surface area contributed by atoms with Crippen LogP contribution in [0.3, 0.4) is 0 Å². The van der Waals surface area contributed by atoms with Crippen molar-refractivity contribution in [3.63, 3.8) is 0 Å². The lowest BCUT2D eigenvalue weighted by Gasteiger charge is -2.24. The topological polar surface area (TPSA) is 114 Å². The molecule has 0 unspecified atom stereocenters. The highest BCUT2D eigenvalue weighted by Crippen LogP contribution is 2.32. The molecule has 0 radical (unpaired) electrons. The molecule has 2 aromatic carbocycles. The van der Waals surface area contributed by atoms with Gasteiger partial charge in [0, 0.05) is 23.5 Å². The predicted octanol–water partition coefficient (Wildman–Crippen LogP) is 4.21. The molecule has 1 aliphatic rings. The lowest BCUT2D eigenvalue weighted by Crippen LogP contribution is -2.39. The van der Waals surface area contributed by atoms with Crippen molar-refractivity contribution in [1.82, 2.24) is 25.1 Å². The highest BCUT2D eigenvalue weighted by atomic mass is 16.5. The van der Waals surface area contributed by atoms with Gasteiger partial charge in [0.1, 0.15) is 11.5 Å². The zero-order chi connectivity index (χ0) is 25.1. The number of para-hydroxylation sites is 1. The fraction of sp³-hybridized carbons (Fsp3) is 0.259. The minimum atomic E-state index is -0.675. The summed E-state index contributed by atoms with van der Waals surface area (Å²) >= 11 is 0. The normalized spacial score (nSPS) is 17.1. The molecule has 0 aliphatic heterocycles. The molecule has 9 nitrogen and oxygen atoms in total. The number of aromatic nitrogens is 4. The molecule has 0 saturated carbocycles. The summed E-state index contributed by atoms with van der Waals surface area (Å²) in [6, 6.07) is 16.8. The smallest absolute Gasteiger partial charge is 0.320 e. The van der Waals surface area contributed by atoms with E-state index in [1.807, 2.05) is 55.5 Å². The maximum Gasteiger partial charge on any atom is 0.320 e. The Morgan fingerprint density at radius 3 is 2.56 bits per heavy atom. The van der Waals surface area contributed by atoms with Crippen LogP contribution in [0.1, 0.15) is 35.6 Å². The van der Waals surface area contributed by atoms with Gasteiger partial charge in [-0.3, -0.25) is 5.32 Å². The zero-order valence-electron chi connectivity index (χ0n) is 20.2. The molecule has 2 aromatic heterocycles. The Morgan fingerprint density at radius 1 is 1.08 bits per heavy atom. The molecule has 0 fully saturated rings. The van der Waals surface area contributed by atoms with E-state index >= 15 is 0 Å². The summed E-state index contributed by atoms with van der Waals surface area (Å²) in [7, 11) is 1.51. The zero-order valence-corrected chi connectivity index (χ0v) is 20.2. The van der Waals surface area contributed by atoms with E-state index in [1.165, 1.54) is 7.11 Å². The number of nitrogens with one attached hydrogen (secondary N) is 2. The molecule has 9 heteroatoms. The van der Waals surface area contributed by atoms with E-state index in [2.05, 4.69) is 26.7 Å². The number of amides is 2. The standard InChI is InChI=1S/C27H28N6O3/c1-17-23(19-15-28-27(36-2)29-16-19)32-33(20-11-4-3-5-12-20)25(17)31-26(35)30-24-21-13-7-6-9-18(21)10-8-14-22(24)34/h3-7,9,11-13,15-16,22,24,34H,8,10,14H2,1-2H3,(H2,30,31,35)/t22-,24-/m1/s1. The Kier molecular flexibility index (Phi) is 6.64. The lowest BCUT2D eigenvalue weighted by molar-refractivity contribution is 0.123. The molecule has 0 spiro atoms. The van der Waals surface area contributed by atoms with E-state index in [0.29, 0.717) is 23.5 Å². The number of fused-ring (bicyclic) bond motifs is 1. The SMILES string of the molecule is COc1ncc(-c2nn(-c3ccccc3)c(NC(=O)N[C@@H]3c4ccccc4CCC[C@H]3O)c2C)cn1. The molecule has 5 rings (SSSR count). The number of rotatable bonds is 5. The third kappa shape index (κ3) is 4.65. The van der Waals surface area contributed by atoms with E-state index in [0.717, 1.165) is 35.2 Å². The molecule has 1 aliphatic carbocycles. The highest BCUT2D eigenvalue weighted by Gasteiger charge is 2.28. The van der Waals surface area contributed by atoms with Gasteiger partial charge in [-0.25, -0.2) is 19.4 Å². The quantitative estimate of drug-likeness (QED) is 0.366. The summed E-state index contributed by atoms with van der Waals surface area (Å²) in [5.41, 5.74) is 4.96. The molecule has 2 amide bonds. The van der Waals surface area contributed by atoms with Crippen LogP contribution in [0.15, 0.2) is 67.0 Å². The fourth-order valence-electron chi connectivity index (χ4n) is 4.62. The van der Waals surface area contributed by atoms with Crippen LogP contribution in [-0.4, -0.2) is 44.1 Å². The number of hydrogen-bond donors (Lipinski definition) is 3. The maximum absolute atomic E-state index is 13.3. The summed E-state index contributed by atoms with van der Waals surface area (Å²) in [6.45, 7) is 1.89. The number of urea groups is 1. The number of aryl methyl sites for hydroxylation is 1. The monoisotopic (exact) mass is 484 g/mol. The van der Waals surface area contributed by atoms with Gasteiger partial charge in [-0.15, -0.1) is 0 Å². The molecule has 184 valence electrons. The van der Waals surface area contributed by atoms with Gasteiger partial charge in [0.05, 0.1) is 24.9 Å². The largest absolute Gasteiger partial charge is 0.467 e. The average Bonchev–Trinajstić information content (AvgIpc) is 3.14. The minimum absolute atomic E-state index is 0.263. The highest BCUT2D eigenvalue weighted by molar-refractivity contribution is 5.91. The van der Waals surface area contributed by atoms with Crippen LogP contribution in [0.2, 0.25) is 0 Å². The van der Waals surface area contributed by atoms with Gasteiger partial charge in [-0.05, 0) is 49.4 Å². The summed E-state index contributed by atoms with van der Waals surface area (Å²) in [5.74, 6) is 0.515. The number of benzene rings is 2. The van der Waals surface area contributed by atoms with E-state index < -0.39 is 18.2 Å². The summed E-state index contributed by atoms with van der Waals surface area (Å²) in [4.78, 5) is 21.7. The maximum atomic E-state index is 13.3. The number of nitrogens with zero attached hydrogens (tertiary/aromatic N) is 4. The van der Waals surface area contributed by atoms with E-state index in [1.54, 1.807) is 17.1 Å². The number of aliphatic hydroxyl groups is 1. The number of hydrogen-bond acceptors (Lipinski definition) is 6. The van der Waals surface area contributed by atoms with E-state index in [4.69, 9.17) is 9.84 Å². The van der Waals surface area contributed by atoms with Gasteiger partial charge in [0.2, 0.25) is 0 Å². The van der Waals surface area contributed by atoms with Gasteiger partial charge in [-0.2, -0.15) is 5.10 Å². The van der Waals surface area contributed by atoms with Crippen LogP contribution >= 0.6 is 0 Å². The van der Waals surface area contributed by atoms with E-state index in [-0.39, 0.29) is 6.01 Å². The van der Waals surface area contributed by atoms with Crippen molar-refractivity contribution in [2.24, 2.45) is 0 Å². The van der Waals surface area contributed by atoms with Crippen LogP contribution in [0.5, 0.6) is 6.01 Å². The van der Waals surface area contributed by atoms with Crippen LogP contribution < -0.4 is 15.4 Å². The third-order valence-electron chi connectivity index (χ3n) is 6.45. The molecule has 2 atom stereocenters. The first-order valence-electron chi connectivity index (χ1n) is 11.9. The molecular weight excluding hydrogens is 456 g/mol. The van der Waals surface area contributed by atoms with Crippen LogP contribution in [-0.2, 0) is 6.42 Å². The van der Waals surface area contributed by atoms with E-state index in [9.17, 15) is 9.90 Å².